The van der Waals surface area contributed by atoms with Crippen LogP contribution in [-0.2, 0) is 16.0 Å². The largest absolute Gasteiger partial charge is 0.465 e. The average molecular weight is 290 g/mol. The summed E-state index contributed by atoms with van der Waals surface area (Å²) in [6.07, 6.45) is 3.34. The molecule has 1 aromatic rings. The highest BCUT2D eigenvalue weighted by Crippen LogP contribution is 2.19. The van der Waals surface area contributed by atoms with Crippen molar-refractivity contribution in [2.24, 2.45) is 0 Å². The van der Waals surface area contributed by atoms with Crippen LogP contribution in [0.15, 0.2) is 30.3 Å². The van der Waals surface area contributed by atoms with Gasteiger partial charge >= 0.3 is 5.97 Å². The van der Waals surface area contributed by atoms with Gasteiger partial charge in [-0.2, -0.15) is 0 Å². The van der Waals surface area contributed by atoms with E-state index in [0.717, 1.165) is 13.0 Å². The van der Waals surface area contributed by atoms with E-state index in [1.54, 1.807) is 0 Å². The van der Waals surface area contributed by atoms with Gasteiger partial charge in [0.1, 0.15) is 6.04 Å². The minimum Gasteiger partial charge on any atom is -0.465 e. The molecule has 116 valence electrons. The summed E-state index contributed by atoms with van der Waals surface area (Å²) >= 11 is 0. The summed E-state index contributed by atoms with van der Waals surface area (Å²) in [6, 6.07) is 10.7. The van der Waals surface area contributed by atoms with Crippen molar-refractivity contribution < 1.29 is 9.53 Å². The maximum Gasteiger partial charge on any atom is 0.324 e. The van der Waals surface area contributed by atoms with E-state index in [2.05, 4.69) is 41.5 Å². The van der Waals surface area contributed by atoms with Crippen LogP contribution < -0.4 is 5.32 Å². The number of benzene rings is 1. The summed E-state index contributed by atoms with van der Waals surface area (Å²) < 4.78 is 5.17. The summed E-state index contributed by atoms with van der Waals surface area (Å²) in [6.45, 7) is 3.93. The quantitative estimate of drug-likeness (QED) is 0.705. The number of nitrogens with one attached hydrogen (secondary N) is 1. The SMILES string of the molecule is CCOC(=O)C(CN(C)CCc1ccccc1)NC1CC1. The standard InChI is InChI=1S/C17H26N2O2/c1-3-21-17(20)16(18-15-9-10-15)13-19(2)12-11-14-7-5-4-6-8-14/h4-8,15-16,18H,3,9-13H2,1-2H3. The van der Waals surface area contributed by atoms with E-state index in [1.165, 1.54) is 18.4 Å². The first kappa shape index (κ1) is 16.0. The first-order valence-corrected chi connectivity index (χ1v) is 7.84. The zero-order chi connectivity index (χ0) is 15.1. The Morgan fingerprint density at radius 1 is 1.38 bits per heavy atom. The molecule has 4 nitrogen and oxygen atoms in total. The van der Waals surface area contributed by atoms with Crippen LogP contribution in [0.3, 0.4) is 0 Å². The molecule has 1 aromatic carbocycles. The zero-order valence-corrected chi connectivity index (χ0v) is 13.0. The van der Waals surface area contributed by atoms with Crippen molar-refractivity contribution in [2.75, 3.05) is 26.7 Å². The van der Waals surface area contributed by atoms with E-state index >= 15 is 0 Å². The summed E-state index contributed by atoms with van der Waals surface area (Å²) in [7, 11) is 2.06. The van der Waals surface area contributed by atoms with Crippen LogP contribution in [-0.4, -0.2) is 49.7 Å². The second kappa shape index (κ2) is 8.15. The average Bonchev–Trinajstić information content (AvgIpc) is 3.30. The summed E-state index contributed by atoms with van der Waals surface area (Å²) in [4.78, 5) is 14.2. The molecule has 4 heteroatoms. The number of hydrogen-bond donors (Lipinski definition) is 1. The van der Waals surface area contributed by atoms with Crippen LogP contribution in [0.4, 0.5) is 0 Å². The molecule has 1 saturated carbocycles. The summed E-state index contributed by atoms with van der Waals surface area (Å²) in [5.74, 6) is -0.129. The predicted molar refractivity (Wildman–Crippen MR) is 84.2 cm³/mol. The van der Waals surface area contributed by atoms with E-state index in [-0.39, 0.29) is 12.0 Å². The Morgan fingerprint density at radius 2 is 2.10 bits per heavy atom. The van der Waals surface area contributed by atoms with Gasteiger partial charge in [-0.3, -0.25) is 4.79 Å². The number of carbonyl (C=O) groups is 1. The number of esters is 1. The third kappa shape index (κ3) is 5.86. The third-order valence-electron chi connectivity index (χ3n) is 3.70. The second-order valence-electron chi connectivity index (χ2n) is 5.74. The van der Waals surface area contributed by atoms with Crippen LogP contribution in [0.5, 0.6) is 0 Å². The maximum atomic E-state index is 12.0. The lowest BCUT2D eigenvalue weighted by Crippen LogP contribution is -2.47. The van der Waals surface area contributed by atoms with Crippen molar-refractivity contribution in [2.45, 2.75) is 38.3 Å². The van der Waals surface area contributed by atoms with E-state index in [4.69, 9.17) is 4.74 Å². The Labute approximate surface area is 127 Å². The fourth-order valence-electron chi connectivity index (χ4n) is 2.34. The van der Waals surface area contributed by atoms with Crippen molar-refractivity contribution in [1.82, 2.24) is 10.2 Å². The molecular weight excluding hydrogens is 264 g/mol. The van der Waals surface area contributed by atoms with Gasteiger partial charge in [0.05, 0.1) is 6.61 Å². The van der Waals surface area contributed by atoms with Crippen molar-refractivity contribution in [3.05, 3.63) is 35.9 Å². The number of rotatable bonds is 9. The van der Waals surface area contributed by atoms with E-state index in [9.17, 15) is 4.79 Å². The molecule has 0 bridgehead atoms. The van der Waals surface area contributed by atoms with Gasteiger partial charge in [0.2, 0.25) is 0 Å². The number of likely N-dealkylation sites (N-methyl/N-ethyl adjacent to an activating group) is 1. The van der Waals surface area contributed by atoms with Gasteiger partial charge < -0.3 is 15.0 Å². The summed E-state index contributed by atoms with van der Waals surface area (Å²) in [5, 5.41) is 3.39. The molecule has 0 amide bonds. The Morgan fingerprint density at radius 3 is 2.71 bits per heavy atom. The van der Waals surface area contributed by atoms with E-state index < -0.39 is 0 Å². The Balaban J connectivity index is 1.79. The van der Waals surface area contributed by atoms with Crippen molar-refractivity contribution in [1.29, 1.82) is 0 Å². The van der Waals surface area contributed by atoms with Crippen LogP contribution in [0, 0.1) is 0 Å². The van der Waals surface area contributed by atoms with Gasteiger partial charge in [-0.1, -0.05) is 30.3 Å². The second-order valence-corrected chi connectivity index (χ2v) is 5.74. The molecule has 0 aliphatic heterocycles. The van der Waals surface area contributed by atoms with Crippen LogP contribution in [0.2, 0.25) is 0 Å². The van der Waals surface area contributed by atoms with Gasteiger partial charge in [0.25, 0.3) is 0 Å². The molecule has 1 aliphatic carbocycles. The van der Waals surface area contributed by atoms with Gasteiger partial charge in [0, 0.05) is 19.1 Å². The maximum absolute atomic E-state index is 12.0. The first-order valence-electron chi connectivity index (χ1n) is 7.84. The molecule has 0 radical (unpaired) electrons. The molecule has 1 unspecified atom stereocenters. The monoisotopic (exact) mass is 290 g/mol. The van der Waals surface area contributed by atoms with Crippen LogP contribution >= 0.6 is 0 Å². The Bertz CT molecular complexity index is 432. The first-order chi connectivity index (χ1) is 10.2. The fraction of sp³-hybridized carbons (Fsp3) is 0.588. The molecular formula is C17H26N2O2. The normalized spacial score (nSPS) is 16.0. The Hall–Kier alpha value is -1.39. The number of nitrogens with zero attached hydrogens (tertiary/aromatic N) is 1. The highest BCUT2D eigenvalue weighted by Gasteiger charge is 2.29. The zero-order valence-electron chi connectivity index (χ0n) is 13.0. The van der Waals surface area contributed by atoms with Gasteiger partial charge in [0.15, 0.2) is 0 Å². The van der Waals surface area contributed by atoms with Gasteiger partial charge in [-0.15, -0.1) is 0 Å². The van der Waals surface area contributed by atoms with E-state index in [1.807, 2.05) is 13.0 Å². The van der Waals surface area contributed by atoms with Gasteiger partial charge in [-0.25, -0.2) is 0 Å². The molecule has 1 aliphatic rings. The molecule has 1 N–H and O–H groups in total. The molecule has 1 fully saturated rings. The smallest absolute Gasteiger partial charge is 0.324 e. The van der Waals surface area contributed by atoms with Gasteiger partial charge in [-0.05, 0) is 38.8 Å². The number of ether oxygens (including phenoxy) is 1. The minimum atomic E-state index is -0.210. The fourth-order valence-corrected chi connectivity index (χ4v) is 2.34. The lowest BCUT2D eigenvalue weighted by molar-refractivity contribution is -0.146. The lowest BCUT2D eigenvalue weighted by atomic mass is 10.1. The number of hydrogen-bond acceptors (Lipinski definition) is 4. The lowest BCUT2D eigenvalue weighted by Gasteiger charge is -2.23. The molecule has 0 heterocycles. The van der Waals surface area contributed by atoms with Crippen molar-refractivity contribution in [3.8, 4) is 0 Å². The van der Waals surface area contributed by atoms with Crippen LogP contribution in [0.25, 0.3) is 0 Å². The third-order valence-corrected chi connectivity index (χ3v) is 3.70. The highest BCUT2D eigenvalue weighted by atomic mass is 16.5. The topological polar surface area (TPSA) is 41.6 Å². The molecule has 1 atom stereocenters. The molecule has 21 heavy (non-hydrogen) atoms. The molecule has 0 spiro atoms. The number of carbonyl (C=O) groups excluding carboxylic acids is 1. The molecule has 2 rings (SSSR count). The van der Waals surface area contributed by atoms with Crippen molar-refractivity contribution >= 4 is 5.97 Å². The molecule has 0 aromatic heterocycles. The molecule has 0 saturated heterocycles. The minimum absolute atomic E-state index is 0.129. The van der Waals surface area contributed by atoms with Crippen molar-refractivity contribution in [3.63, 3.8) is 0 Å². The highest BCUT2D eigenvalue weighted by molar-refractivity contribution is 5.76. The predicted octanol–water partition coefficient (Wildman–Crippen LogP) is 1.84. The Kier molecular flexibility index (Phi) is 6.21. The summed E-state index contributed by atoms with van der Waals surface area (Å²) in [5.41, 5.74) is 1.33. The van der Waals surface area contributed by atoms with E-state index in [0.29, 0.717) is 19.2 Å². The van der Waals surface area contributed by atoms with Crippen LogP contribution in [0.1, 0.15) is 25.3 Å².